The van der Waals surface area contributed by atoms with Crippen LogP contribution in [0.4, 0.5) is 9.18 Å². The fraction of sp³-hybridized carbons (Fsp3) is 0.333. The molecule has 3 rings (SSSR count). The molecule has 0 aromatic heterocycles. The fourth-order valence-corrected chi connectivity index (χ4v) is 3.01. The van der Waals surface area contributed by atoms with Crippen molar-refractivity contribution in [2.75, 3.05) is 26.2 Å². The first-order chi connectivity index (χ1) is 13.1. The number of nitrogens with zero attached hydrogens (tertiary/aromatic N) is 2. The molecule has 2 amide bonds. The summed E-state index contributed by atoms with van der Waals surface area (Å²) in [6.07, 6.45) is 0.611. The Bertz CT molecular complexity index is 757. The summed E-state index contributed by atoms with van der Waals surface area (Å²) < 4.78 is 18.2. The average molecular weight is 370 g/mol. The van der Waals surface area contributed by atoms with E-state index in [0.29, 0.717) is 39.0 Å². The number of ether oxygens (including phenoxy) is 1. The topological polar surface area (TPSA) is 49.9 Å². The van der Waals surface area contributed by atoms with Crippen LogP contribution in [-0.4, -0.2) is 48.0 Å². The van der Waals surface area contributed by atoms with Crippen LogP contribution >= 0.6 is 0 Å². The zero-order valence-electron chi connectivity index (χ0n) is 15.1. The Morgan fingerprint density at radius 3 is 2.15 bits per heavy atom. The number of hydrogen-bond acceptors (Lipinski definition) is 3. The maximum Gasteiger partial charge on any atom is 0.410 e. The van der Waals surface area contributed by atoms with E-state index in [4.69, 9.17) is 4.74 Å². The molecule has 6 heteroatoms. The van der Waals surface area contributed by atoms with Gasteiger partial charge in [-0.25, -0.2) is 9.18 Å². The molecule has 2 aromatic rings. The van der Waals surface area contributed by atoms with Crippen LogP contribution in [0.1, 0.15) is 17.5 Å². The predicted molar refractivity (Wildman–Crippen MR) is 99.5 cm³/mol. The molecule has 0 bridgehead atoms. The second kappa shape index (κ2) is 9.16. The lowest BCUT2D eigenvalue weighted by atomic mass is 10.1. The highest BCUT2D eigenvalue weighted by molar-refractivity contribution is 5.77. The first-order valence-electron chi connectivity index (χ1n) is 9.09. The monoisotopic (exact) mass is 370 g/mol. The standard InChI is InChI=1S/C21H23FN2O3/c22-19-9-6-17(7-10-19)8-11-20(25)23-12-14-24(15-13-23)21(26)27-16-18-4-2-1-3-5-18/h1-7,9-10H,8,11-16H2. The van der Waals surface area contributed by atoms with Crippen LogP contribution in [0.25, 0.3) is 0 Å². The molecule has 27 heavy (non-hydrogen) atoms. The van der Waals surface area contributed by atoms with Crippen molar-refractivity contribution in [3.05, 3.63) is 71.5 Å². The van der Waals surface area contributed by atoms with Gasteiger partial charge in [-0.05, 0) is 29.7 Å². The molecule has 0 spiro atoms. The van der Waals surface area contributed by atoms with Crippen molar-refractivity contribution in [3.63, 3.8) is 0 Å². The van der Waals surface area contributed by atoms with Gasteiger partial charge in [0.2, 0.25) is 5.91 Å². The molecule has 142 valence electrons. The van der Waals surface area contributed by atoms with Gasteiger partial charge in [0, 0.05) is 32.6 Å². The van der Waals surface area contributed by atoms with Gasteiger partial charge < -0.3 is 14.5 Å². The van der Waals surface area contributed by atoms with Gasteiger partial charge in [0.1, 0.15) is 12.4 Å². The molecule has 0 N–H and O–H groups in total. The summed E-state index contributed by atoms with van der Waals surface area (Å²) in [7, 11) is 0. The van der Waals surface area contributed by atoms with Crippen molar-refractivity contribution >= 4 is 12.0 Å². The molecular formula is C21H23FN2O3. The molecule has 0 radical (unpaired) electrons. The second-order valence-corrected chi connectivity index (χ2v) is 6.53. The van der Waals surface area contributed by atoms with E-state index in [0.717, 1.165) is 11.1 Å². The van der Waals surface area contributed by atoms with Crippen LogP contribution in [0.5, 0.6) is 0 Å². The van der Waals surface area contributed by atoms with Gasteiger partial charge in [-0.3, -0.25) is 4.79 Å². The summed E-state index contributed by atoms with van der Waals surface area (Å²) in [4.78, 5) is 27.9. The first-order valence-corrected chi connectivity index (χ1v) is 9.09. The fourth-order valence-electron chi connectivity index (χ4n) is 3.01. The number of amides is 2. The zero-order chi connectivity index (χ0) is 19.1. The molecule has 0 aliphatic carbocycles. The van der Waals surface area contributed by atoms with Crippen molar-refractivity contribution in [2.24, 2.45) is 0 Å². The summed E-state index contributed by atoms with van der Waals surface area (Å²) in [5, 5.41) is 0. The minimum atomic E-state index is -0.350. The molecule has 1 aliphatic rings. The van der Waals surface area contributed by atoms with Crippen molar-refractivity contribution in [1.29, 1.82) is 0 Å². The summed E-state index contributed by atoms with van der Waals surface area (Å²) >= 11 is 0. The number of halogens is 1. The minimum absolute atomic E-state index is 0.0524. The molecule has 1 saturated heterocycles. The molecular weight excluding hydrogens is 347 g/mol. The highest BCUT2D eigenvalue weighted by Crippen LogP contribution is 2.10. The second-order valence-electron chi connectivity index (χ2n) is 6.53. The molecule has 0 saturated carbocycles. The third kappa shape index (κ3) is 5.54. The third-order valence-electron chi connectivity index (χ3n) is 4.64. The van der Waals surface area contributed by atoms with E-state index in [1.165, 1.54) is 12.1 Å². The first kappa shape index (κ1) is 18.9. The summed E-state index contributed by atoms with van der Waals surface area (Å²) in [6.45, 7) is 2.19. The van der Waals surface area contributed by atoms with E-state index >= 15 is 0 Å². The molecule has 0 unspecified atom stereocenters. The lowest BCUT2D eigenvalue weighted by Crippen LogP contribution is -2.50. The Hall–Kier alpha value is -2.89. The normalized spacial score (nSPS) is 14.1. The number of carbonyl (C=O) groups is 2. The van der Waals surface area contributed by atoms with E-state index in [2.05, 4.69) is 0 Å². The maximum absolute atomic E-state index is 12.9. The van der Waals surface area contributed by atoms with E-state index in [9.17, 15) is 14.0 Å². The molecule has 1 fully saturated rings. The Morgan fingerprint density at radius 1 is 0.852 bits per heavy atom. The van der Waals surface area contributed by atoms with Gasteiger partial charge >= 0.3 is 6.09 Å². The molecule has 0 atom stereocenters. The highest BCUT2D eigenvalue weighted by atomic mass is 19.1. The van der Waals surface area contributed by atoms with Crippen LogP contribution < -0.4 is 0 Å². The van der Waals surface area contributed by atoms with E-state index in [-0.39, 0.29) is 24.4 Å². The smallest absolute Gasteiger partial charge is 0.410 e. The van der Waals surface area contributed by atoms with Crippen molar-refractivity contribution in [3.8, 4) is 0 Å². The maximum atomic E-state index is 12.9. The SMILES string of the molecule is O=C(CCc1ccc(F)cc1)N1CCN(C(=O)OCc2ccccc2)CC1. The van der Waals surface area contributed by atoms with Gasteiger partial charge in [0.05, 0.1) is 0 Å². The lowest BCUT2D eigenvalue weighted by Gasteiger charge is -2.34. The zero-order valence-corrected chi connectivity index (χ0v) is 15.1. The van der Waals surface area contributed by atoms with Crippen molar-refractivity contribution in [1.82, 2.24) is 9.80 Å². The van der Waals surface area contributed by atoms with E-state index in [1.54, 1.807) is 21.9 Å². The number of hydrogen-bond donors (Lipinski definition) is 0. The van der Waals surface area contributed by atoms with Gasteiger partial charge in [0.15, 0.2) is 0 Å². The van der Waals surface area contributed by atoms with Crippen LogP contribution in [0.15, 0.2) is 54.6 Å². The lowest BCUT2D eigenvalue weighted by molar-refractivity contribution is -0.132. The van der Waals surface area contributed by atoms with E-state index < -0.39 is 0 Å². The Morgan fingerprint density at radius 2 is 1.48 bits per heavy atom. The average Bonchev–Trinajstić information content (AvgIpc) is 2.72. The van der Waals surface area contributed by atoms with Gasteiger partial charge in [-0.1, -0.05) is 42.5 Å². The number of benzene rings is 2. The van der Waals surface area contributed by atoms with E-state index in [1.807, 2.05) is 30.3 Å². The Kier molecular flexibility index (Phi) is 6.41. The predicted octanol–water partition coefficient (Wildman–Crippen LogP) is 3.24. The van der Waals surface area contributed by atoms with Crippen LogP contribution in [-0.2, 0) is 22.6 Å². The van der Waals surface area contributed by atoms with Crippen LogP contribution in [0.3, 0.4) is 0 Å². The molecule has 2 aromatic carbocycles. The quantitative estimate of drug-likeness (QED) is 0.812. The number of aryl methyl sites for hydroxylation is 1. The van der Waals surface area contributed by atoms with Crippen LogP contribution in [0, 0.1) is 5.82 Å². The van der Waals surface area contributed by atoms with Crippen LogP contribution in [0.2, 0.25) is 0 Å². The number of rotatable bonds is 5. The molecule has 5 nitrogen and oxygen atoms in total. The molecule has 1 aliphatic heterocycles. The Balaban J connectivity index is 1.39. The Labute approximate surface area is 158 Å². The summed E-state index contributed by atoms with van der Waals surface area (Å²) in [5.74, 6) is -0.225. The minimum Gasteiger partial charge on any atom is -0.445 e. The number of carbonyl (C=O) groups excluding carboxylic acids is 2. The van der Waals surface area contributed by atoms with Gasteiger partial charge in [-0.15, -0.1) is 0 Å². The van der Waals surface area contributed by atoms with Crippen molar-refractivity contribution in [2.45, 2.75) is 19.4 Å². The molecule has 1 heterocycles. The summed E-state index contributed by atoms with van der Waals surface area (Å²) in [6, 6.07) is 15.7. The highest BCUT2D eigenvalue weighted by Gasteiger charge is 2.24. The largest absolute Gasteiger partial charge is 0.445 e. The summed E-state index contributed by atoms with van der Waals surface area (Å²) in [5.41, 5.74) is 1.88. The number of piperazine rings is 1. The third-order valence-corrected chi connectivity index (χ3v) is 4.64. The van der Waals surface area contributed by atoms with Gasteiger partial charge in [0.25, 0.3) is 0 Å². The van der Waals surface area contributed by atoms with Gasteiger partial charge in [-0.2, -0.15) is 0 Å². The van der Waals surface area contributed by atoms with Crippen molar-refractivity contribution < 1.29 is 18.7 Å².